The molecule has 0 aliphatic rings. The van der Waals surface area contributed by atoms with Gasteiger partial charge in [-0.1, -0.05) is 30.3 Å². The maximum atomic E-state index is 12.2. The molecule has 128 valence electrons. The van der Waals surface area contributed by atoms with Crippen LogP contribution < -0.4 is 20.3 Å². The van der Waals surface area contributed by atoms with Gasteiger partial charge in [0.05, 0.1) is 12.7 Å². The van der Waals surface area contributed by atoms with E-state index in [2.05, 4.69) is 15.8 Å². The number of H-pyrrole nitrogens is 1. The van der Waals surface area contributed by atoms with E-state index in [9.17, 15) is 9.59 Å². The molecule has 2 aromatic carbocycles. The van der Waals surface area contributed by atoms with E-state index in [-0.39, 0.29) is 6.61 Å². The summed E-state index contributed by atoms with van der Waals surface area (Å²) >= 11 is 0. The third-order valence-electron chi connectivity index (χ3n) is 3.58. The van der Waals surface area contributed by atoms with Gasteiger partial charge in [-0.3, -0.25) is 20.4 Å². The molecule has 3 N–H and O–H groups in total. The van der Waals surface area contributed by atoms with Crippen molar-refractivity contribution in [2.75, 3.05) is 13.7 Å². The molecule has 0 radical (unpaired) electrons. The van der Waals surface area contributed by atoms with Gasteiger partial charge >= 0.3 is 0 Å². The summed E-state index contributed by atoms with van der Waals surface area (Å²) in [6.07, 6.45) is 1.59. The first-order valence-corrected chi connectivity index (χ1v) is 7.60. The fourth-order valence-electron chi connectivity index (χ4n) is 2.37. The highest BCUT2D eigenvalue weighted by Crippen LogP contribution is 2.25. The average molecular weight is 339 g/mol. The molecule has 25 heavy (non-hydrogen) atoms. The second-order valence-electron chi connectivity index (χ2n) is 5.19. The van der Waals surface area contributed by atoms with Crippen LogP contribution in [0.15, 0.2) is 54.7 Å². The fraction of sp³-hybridized carbons (Fsp3) is 0.111. The first kappa shape index (κ1) is 16.4. The van der Waals surface area contributed by atoms with Gasteiger partial charge in [-0.2, -0.15) is 0 Å². The van der Waals surface area contributed by atoms with E-state index in [0.717, 1.165) is 10.9 Å². The van der Waals surface area contributed by atoms with Crippen molar-refractivity contribution in [3.8, 4) is 11.5 Å². The van der Waals surface area contributed by atoms with Crippen LogP contribution >= 0.6 is 0 Å². The molecule has 0 aliphatic carbocycles. The van der Waals surface area contributed by atoms with Crippen LogP contribution in [0.5, 0.6) is 11.5 Å². The molecule has 0 fully saturated rings. The molecule has 0 atom stereocenters. The number of carbonyl (C=O) groups excluding carboxylic acids is 2. The fourth-order valence-corrected chi connectivity index (χ4v) is 2.37. The monoisotopic (exact) mass is 339 g/mol. The normalized spacial score (nSPS) is 10.3. The number of nitrogens with one attached hydrogen (secondary N) is 3. The van der Waals surface area contributed by atoms with Gasteiger partial charge < -0.3 is 14.5 Å². The van der Waals surface area contributed by atoms with Gasteiger partial charge in [0, 0.05) is 17.1 Å². The number of hydrazine groups is 1. The molecule has 2 amide bonds. The zero-order chi connectivity index (χ0) is 17.6. The van der Waals surface area contributed by atoms with E-state index in [1.165, 1.54) is 7.11 Å². The zero-order valence-electron chi connectivity index (χ0n) is 13.5. The summed E-state index contributed by atoms with van der Waals surface area (Å²) in [5, 5.41) is 0.777. The predicted octanol–water partition coefficient (Wildman–Crippen LogP) is 2.02. The maximum Gasteiger partial charge on any atom is 0.276 e. The number of methoxy groups -OCH3 is 1. The smallest absolute Gasteiger partial charge is 0.276 e. The van der Waals surface area contributed by atoms with Crippen molar-refractivity contribution in [2.24, 2.45) is 0 Å². The quantitative estimate of drug-likeness (QED) is 0.620. The SMILES string of the molecule is COc1ccccc1OCC(=O)NNC(=O)c1c[nH]c2ccccc12. The minimum atomic E-state index is -0.487. The Morgan fingerprint density at radius 3 is 2.52 bits per heavy atom. The molecule has 7 nitrogen and oxygen atoms in total. The summed E-state index contributed by atoms with van der Waals surface area (Å²) < 4.78 is 10.5. The Bertz CT molecular complexity index is 904. The number of amides is 2. The standard InChI is InChI=1S/C18H17N3O4/c1-24-15-8-4-5-9-16(15)25-11-17(22)20-21-18(23)13-10-19-14-7-3-2-6-12(13)14/h2-10,19H,11H2,1H3,(H,20,22)(H,21,23). The van der Waals surface area contributed by atoms with E-state index < -0.39 is 11.8 Å². The molecule has 1 heterocycles. The highest BCUT2D eigenvalue weighted by Gasteiger charge is 2.13. The molecule has 0 unspecified atom stereocenters. The highest BCUT2D eigenvalue weighted by molar-refractivity contribution is 6.07. The summed E-state index contributed by atoms with van der Waals surface area (Å²) in [7, 11) is 1.52. The number of fused-ring (bicyclic) bond motifs is 1. The molecule has 0 spiro atoms. The number of aromatic amines is 1. The lowest BCUT2D eigenvalue weighted by molar-refractivity contribution is -0.123. The first-order valence-electron chi connectivity index (χ1n) is 7.60. The molecule has 0 bridgehead atoms. The van der Waals surface area contributed by atoms with Gasteiger partial charge in [0.25, 0.3) is 11.8 Å². The van der Waals surface area contributed by atoms with Gasteiger partial charge in [0.15, 0.2) is 18.1 Å². The number of carbonyl (C=O) groups is 2. The number of hydrogen-bond acceptors (Lipinski definition) is 4. The Morgan fingerprint density at radius 1 is 1.00 bits per heavy atom. The Kier molecular flexibility index (Phi) is 4.84. The van der Waals surface area contributed by atoms with Crippen LogP contribution in [-0.2, 0) is 4.79 Å². The average Bonchev–Trinajstić information content (AvgIpc) is 3.09. The molecule has 3 rings (SSSR count). The van der Waals surface area contributed by atoms with Gasteiger partial charge in [-0.25, -0.2) is 0 Å². The Morgan fingerprint density at radius 2 is 1.72 bits per heavy atom. The second kappa shape index (κ2) is 7.39. The second-order valence-corrected chi connectivity index (χ2v) is 5.19. The van der Waals surface area contributed by atoms with Crippen molar-refractivity contribution >= 4 is 22.7 Å². The zero-order valence-corrected chi connectivity index (χ0v) is 13.5. The molecule has 0 aliphatic heterocycles. The highest BCUT2D eigenvalue weighted by atomic mass is 16.5. The van der Waals surface area contributed by atoms with Crippen LogP contribution in [0.3, 0.4) is 0 Å². The Balaban J connectivity index is 1.54. The number of benzene rings is 2. The van der Waals surface area contributed by atoms with Crippen molar-refractivity contribution in [3.63, 3.8) is 0 Å². The van der Waals surface area contributed by atoms with Crippen LogP contribution in [0.2, 0.25) is 0 Å². The summed E-state index contributed by atoms with van der Waals surface area (Å²) in [5.41, 5.74) is 5.99. The van der Waals surface area contributed by atoms with E-state index in [0.29, 0.717) is 17.1 Å². The van der Waals surface area contributed by atoms with Crippen molar-refractivity contribution < 1.29 is 19.1 Å². The van der Waals surface area contributed by atoms with Crippen LogP contribution in [0.1, 0.15) is 10.4 Å². The maximum absolute atomic E-state index is 12.2. The molecule has 1 aromatic heterocycles. The summed E-state index contributed by atoms with van der Waals surface area (Å²) in [6, 6.07) is 14.4. The number of hydrogen-bond donors (Lipinski definition) is 3. The minimum Gasteiger partial charge on any atom is -0.493 e. The van der Waals surface area contributed by atoms with E-state index in [1.54, 1.807) is 30.5 Å². The lowest BCUT2D eigenvalue weighted by atomic mass is 10.2. The van der Waals surface area contributed by atoms with Crippen molar-refractivity contribution in [1.29, 1.82) is 0 Å². The number of para-hydroxylation sites is 3. The van der Waals surface area contributed by atoms with Crippen LogP contribution in [0.4, 0.5) is 0 Å². The van der Waals surface area contributed by atoms with Crippen LogP contribution in [0, 0.1) is 0 Å². The van der Waals surface area contributed by atoms with Gasteiger partial charge in [-0.05, 0) is 18.2 Å². The van der Waals surface area contributed by atoms with E-state index >= 15 is 0 Å². The third kappa shape index (κ3) is 3.72. The van der Waals surface area contributed by atoms with E-state index in [1.807, 2.05) is 24.3 Å². The lowest BCUT2D eigenvalue weighted by Crippen LogP contribution is -2.43. The van der Waals surface area contributed by atoms with Crippen molar-refractivity contribution in [2.45, 2.75) is 0 Å². The van der Waals surface area contributed by atoms with E-state index in [4.69, 9.17) is 9.47 Å². The largest absolute Gasteiger partial charge is 0.493 e. The number of rotatable bonds is 5. The molecule has 7 heteroatoms. The number of aromatic nitrogens is 1. The molecular weight excluding hydrogens is 322 g/mol. The van der Waals surface area contributed by atoms with Gasteiger partial charge in [0.1, 0.15) is 0 Å². The van der Waals surface area contributed by atoms with Gasteiger partial charge in [-0.15, -0.1) is 0 Å². The number of ether oxygens (including phenoxy) is 2. The summed E-state index contributed by atoms with van der Waals surface area (Å²) in [5.74, 6) is 0.0726. The van der Waals surface area contributed by atoms with Crippen LogP contribution in [0.25, 0.3) is 10.9 Å². The summed E-state index contributed by atoms with van der Waals surface area (Å²) in [6.45, 7) is -0.255. The third-order valence-corrected chi connectivity index (χ3v) is 3.58. The Hall–Kier alpha value is -3.48. The topological polar surface area (TPSA) is 92.4 Å². The molecule has 0 saturated carbocycles. The van der Waals surface area contributed by atoms with Gasteiger partial charge in [0.2, 0.25) is 0 Å². The minimum absolute atomic E-state index is 0.255. The van der Waals surface area contributed by atoms with Crippen molar-refractivity contribution in [3.05, 3.63) is 60.3 Å². The molecular formula is C18H17N3O4. The Labute approximate surface area is 143 Å². The predicted molar refractivity (Wildman–Crippen MR) is 92.4 cm³/mol. The molecule has 3 aromatic rings. The lowest BCUT2D eigenvalue weighted by Gasteiger charge is -2.11. The first-order chi connectivity index (χ1) is 12.2. The van der Waals surface area contributed by atoms with Crippen molar-refractivity contribution in [1.82, 2.24) is 15.8 Å². The summed E-state index contributed by atoms with van der Waals surface area (Å²) in [4.78, 5) is 27.1. The van der Waals surface area contributed by atoms with Crippen LogP contribution in [-0.4, -0.2) is 30.5 Å². The molecule has 0 saturated heterocycles.